The lowest BCUT2D eigenvalue weighted by Gasteiger charge is -2.23. The van der Waals surface area contributed by atoms with Crippen molar-refractivity contribution in [2.45, 2.75) is 46.1 Å². The lowest BCUT2D eigenvalue weighted by atomic mass is 10.00. The summed E-state index contributed by atoms with van der Waals surface area (Å²) < 4.78 is 0. The summed E-state index contributed by atoms with van der Waals surface area (Å²) >= 11 is 0. The first kappa shape index (κ1) is 13.5. The van der Waals surface area contributed by atoms with Gasteiger partial charge in [0.25, 0.3) is 0 Å². The van der Waals surface area contributed by atoms with Crippen molar-refractivity contribution in [2.24, 2.45) is 5.92 Å². The predicted octanol–water partition coefficient (Wildman–Crippen LogP) is 1.79. The summed E-state index contributed by atoms with van der Waals surface area (Å²) in [5.41, 5.74) is -0.626. The van der Waals surface area contributed by atoms with Gasteiger partial charge in [-0.05, 0) is 32.7 Å². The highest BCUT2D eigenvalue weighted by Crippen LogP contribution is 2.10. The van der Waals surface area contributed by atoms with E-state index < -0.39 is 5.60 Å². The van der Waals surface area contributed by atoms with Crippen LogP contribution in [0.2, 0.25) is 0 Å². The molecule has 2 nitrogen and oxygen atoms in total. The van der Waals surface area contributed by atoms with Crippen LogP contribution in [0, 0.1) is 17.8 Å². The summed E-state index contributed by atoms with van der Waals surface area (Å²) in [7, 11) is 0. The van der Waals surface area contributed by atoms with Gasteiger partial charge in [-0.2, -0.15) is 0 Å². The lowest BCUT2D eigenvalue weighted by molar-refractivity contribution is 0.0518. The Bertz CT molecular complexity index is 198. The fourth-order valence-corrected chi connectivity index (χ4v) is 1.18. The van der Waals surface area contributed by atoms with Gasteiger partial charge >= 0.3 is 0 Å². The van der Waals surface area contributed by atoms with E-state index in [4.69, 9.17) is 0 Å². The number of aliphatic hydroxyl groups is 1. The van der Waals surface area contributed by atoms with Crippen LogP contribution >= 0.6 is 0 Å². The molecule has 0 fully saturated rings. The van der Waals surface area contributed by atoms with E-state index in [0.29, 0.717) is 12.5 Å². The van der Waals surface area contributed by atoms with Gasteiger partial charge in [0.05, 0.1) is 5.60 Å². The zero-order valence-electron chi connectivity index (χ0n) is 9.85. The third kappa shape index (κ3) is 8.10. The highest BCUT2D eigenvalue weighted by molar-refractivity contribution is 4.96. The quantitative estimate of drug-likeness (QED) is 0.636. The van der Waals surface area contributed by atoms with Crippen LogP contribution in [0.3, 0.4) is 0 Å². The second-order valence-electron chi connectivity index (χ2n) is 4.45. The molecule has 0 bridgehead atoms. The molecule has 2 heteroatoms. The summed E-state index contributed by atoms with van der Waals surface area (Å²) in [5.74, 6) is 6.43. The highest BCUT2D eigenvalue weighted by atomic mass is 16.3. The molecule has 1 unspecified atom stereocenters. The van der Waals surface area contributed by atoms with Crippen molar-refractivity contribution in [1.82, 2.24) is 5.32 Å². The standard InChI is InChI=1S/C12H23NO/c1-5-6-7-8-12(4,14)10-13-9-11(2)3/h11,13-14H,7-10H2,1-4H3. The van der Waals surface area contributed by atoms with E-state index in [9.17, 15) is 5.11 Å². The van der Waals surface area contributed by atoms with Gasteiger partial charge in [-0.3, -0.25) is 0 Å². The van der Waals surface area contributed by atoms with Crippen LogP contribution in [0.1, 0.15) is 40.5 Å². The smallest absolute Gasteiger partial charge is 0.0752 e. The molecule has 0 saturated carbocycles. The molecule has 0 spiro atoms. The van der Waals surface area contributed by atoms with Crippen LogP contribution in [0.25, 0.3) is 0 Å². The van der Waals surface area contributed by atoms with Crippen molar-refractivity contribution in [3.63, 3.8) is 0 Å². The summed E-state index contributed by atoms with van der Waals surface area (Å²) in [5, 5.41) is 13.2. The summed E-state index contributed by atoms with van der Waals surface area (Å²) in [4.78, 5) is 0. The van der Waals surface area contributed by atoms with E-state index in [1.807, 2.05) is 13.8 Å². The third-order valence-corrected chi connectivity index (χ3v) is 2.02. The van der Waals surface area contributed by atoms with Crippen LogP contribution in [0.4, 0.5) is 0 Å². The van der Waals surface area contributed by atoms with Crippen LogP contribution in [0.5, 0.6) is 0 Å². The van der Waals surface area contributed by atoms with Crippen LogP contribution in [-0.2, 0) is 0 Å². The molecule has 0 amide bonds. The van der Waals surface area contributed by atoms with Gasteiger partial charge in [-0.25, -0.2) is 0 Å². The maximum Gasteiger partial charge on any atom is 0.0752 e. The monoisotopic (exact) mass is 197 g/mol. The second-order valence-corrected chi connectivity index (χ2v) is 4.45. The van der Waals surface area contributed by atoms with Gasteiger partial charge in [0.1, 0.15) is 0 Å². The largest absolute Gasteiger partial charge is 0.389 e. The van der Waals surface area contributed by atoms with E-state index >= 15 is 0 Å². The maximum atomic E-state index is 9.92. The van der Waals surface area contributed by atoms with Crippen LogP contribution in [-0.4, -0.2) is 23.8 Å². The van der Waals surface area contributed by atoms with E-state index in [2.05, 4.69) is 31.0 Å². The summed E-state index contributed by atoms with van der Waals surface area (Å²) in [6.07, 6.45) is 1.51. The summed E-state index contributed by atoms with van der Waals surface area (Å²) in [6, 6.07) is 0. The average molecular weight is 197 g/mol. The molecule has 0 saturated heterocycles. The first-order chi connectivity index (χ1) is 6.48. The fraction of sp³-hybridized carbons (Fsp3) is 0.833. The van der Waals surface area contributed by atoms with Crippen LogP contribution < -0.4 is 5.32 Å². The Labute approximate surface area is 88.1 Å². The number of hydrogen-bond donors (Lipinski definition) is 2. The maximum absolute atomic E-state index is 9.92. The normalized spacial score (nSPS) is 14.7. The minimum absolute atomic E-state index is 0.626. The van der Waals surface area contributed by atoms with Crippen LogP contribution in [0.15, 0.2) is 0 Å². The Morgan fingerprint density at radius 3 is 2.57 bits per heavy atom. The first-order valence-corrected chi connectivity index (χ1v) is 5.30. The van der Waals surface area contributed by atoms with Gasteiger partial charge in [0.15, 0.2) is 0 Å². The number of rotatable bonds is 6. The molecule has 14 heavy (non-hydrogen) atoms. The van der Waals surface area contributed by atoms with Crippen molar-refractivity contribution in [3.05, 3.63) is 0 Å². The molecule has 0 aliphatic rings. The van der Waals surface area contributed by atoms with Crippen molar-refractivity contribution >= 4 is 0 Å². The van der Waals surface area contributed by atoms with Gasteiger partial charge < -0.3 is 10.4 Å². The molecule has 0 aliphatic carbocycles. The van der Waals surface area contributed by atoms with Gasteiger partial charge in [0, 0.05) is 13.0 Å². The van der Waals surface area contributed by atoms with E-state index in [-0.39, 0.29) is 0 Å². The van der Waals surface area contributed by atoms with Crippen molar-refractivity contribution in [3.8, 4) is 11.8 Å². The van der Waals surface area contributed by atoms with Crippen molar-refractivity contribution in [1.29, 1.82) is 0 Å². The molecule has 0 rings (SSSR count). The Hall–Kier alpha value is -0.520. The third-order valence-electron chi connectivity index (χ3n) is 2.02. The molecule has 0 heterocycles. The molecule has 0 aromatic heterocycles. The second kappa shape index (κ2) is 6.86. The molecular formula is C12H23NO. The fourth-order valence-electron chi connectivity index (χ4n) is 1.18. The van der Waals surface area contributed by atoms with Crippen molar-refractivity contribution < 1.29 is 5.11 Å². The number of hydrogen-bond acceptors (Lipinski definition) is 2. The Morgan fingerprint density at radius 2 is 2.07 bits per heavy atom. The molecule has 0 aromatic rings. The summed E-state index contributed by atoms with van der Waals surface area (Å²) in [6.45, 7) is 9.60. The van der Waals surface area contributed by atoms with Gasteiger partial charge in [0.2, 0.25) is 0 Å². The minimum atomic E-state index is -0.626. The molecule has 0 aromatic carbocycles. The molecule has 2 N–H and O–H groups in total. The predicted molar refractivity (Wildman–Crippen MR) is 61.0 cm³/mol. The van der Waals surface area contributed by atoms with E-state index in [1.54, 1.807) is 0 Å². The molecular weight excluding hydrogens is 174 g/mol. The molecule has 82 valence electrons. The lowest BCUT2D eigenvalue weighted by Crippen LogP contribution is -2.39. The zero-order valence-corrected chi connectivity index (χ0v) is 9.85. The van der Waals surface area contributed by atoms with Crippen molar-refractivity contribution in [2.75, 3.05) is 13.1 Å². The van der Waals surface area contributed by atoms with Gasteiger partial charge in [-0.15, -0.1) is 11.8 Å². The molecule has 0 aliphatic heterocycles. The SMILES string of the molecule is CC#CCCC(C)(O)CNCC(C)C. The van der Waals surface area contributed by atoms with E-state index in [0.717, 1.165) is 19.4 Å². The van der Waals surface area contributed by atoms with E-state index in [1.165, 1.54) is 0 Å². The van der Waals surface area contributed by atoms with Gasteiger partial charge in [-0.1, -0.05) is 13.8 Å². The molecule has 0 radical (unpaired) electrons. The Morgan fingerprint density at radius 1 is 1.43 bits per heavy atom. The number of nitrogens with one attached hydrogen (secondary N) is 1. The molecule has 1 atom stereocenters. The average Bonchev–Trinajstić information content (AvgIpc) is 2.03. The Kier molecular flexibility index (Phi) is 6.61. The topological polar surface area (TPSA) is 32.3 Å². The highest BCUT2D eigenvalue weighted by Gasteiger charge is 2.18. The Balaban J connectivity index is 3.64. The first-order valence-electron chi connectivity index (χ1n) is 5.30. The zero-order chi connectivity index (χ0) is 11.0. The minimum Gasteiger partial charge on any atom is -0.389 e.